The van der Waals surface area contributed by atoms with Gasteiger partial charge in [0.1, 0.15) is 17.3 Å². The number of methoxy groups -OCH3 is 1. The van der Waals surface area contributed by atoms with Gasteiger partial charge in [0.15, 0.2) is 0 Å². The van der Waals surface area contributed by atoms with E-state index in [1.54, 1.807) is 31.2 Å². The molecule has 0 bridgehead atoms. The van der Waals surface area contributed by atoms with E-state index >= 15 is 0 Å². The number of aromatic nitrogens is 5. The molecule has 1 fully saturated rings. The van der Waals surface area contributed by atoms with Gasteiger partial charge in [-0.3, -0.25) is 14.4 Å². The highest BCUT2D eigenvalue weighted by Crippen LogP contribution is 2.34. The SMILES string of the molecule is COc1nn(C)cc1Nc1ncc(C)c(-c2c[nH]c3c(NC(=O)[C@H]4CCCN4C(=O)OC(C)(C)C)cccc23)n1. The molecule has 40 heavy (non-hydrogen) atoms. The number of ether oxygens (including phenoxy) is 2. The number of H-pyrrole nitrogens is 1. The number of aromatic amines is 1. The first-order valence-electron chi connectivity index (χ1n) is 13.1. The van der Waals surface area contributed by atoms with E-state index in [4.69, 9.17) is 14.5 Å². The van der Waals surface area contributed by atoms with Gasteiger partial charge in [-0.15, -0.1) is 5.10 Å². The van der Waals surface area contributed by atoms with Crippen LogP contribution in [0.3, 0.4) is 0 Å². The molecule has 0 saturated carbocycles. The first-order valence-corrected chi connectivity index (χ1v) is 13.1. The smallest absolute Gasteiger partial charge is 0.410 e. The molecule has 210 valence electrons. The number of nitrogens with one attached hydrogen (secondary N) is 3. The number of fused-ring (bicyclic) bond motifs is 1. The van der Waals surface area contributed by atoms with Crippen molar-refractivity contribution in [2.24, 2.45) is 7.05 Å². The highest BCUT2D eigenvalue weighted by Gasteiger charge is 2.36. The van der Waals surface area contributed by atoms with Crippen molar-refractivity contribution in [3.63, 3.8) is 0 Å². The fraction of sp³-hybridized carbons (Fsp3) is 0.393. The van der Waals surface area contributed by atoms with Crippen LogP contribution in [0.15, 0.2) is 36.8 Å². The van der Waals surface area contributed by atoms with E-state index in [9.17, 15) is 9.59 Å². The molecule has 2 amide bonds. The average molecular weight is 547 g/mol. The van der Waals surface area contributed by atoms with Gasteiger partial charge in [-0.05, 0) is 52.2 Å². The number of likely N-dealkylation sites (tertiary alicyclic amines) is 1. The van der Waals surface area contributed by atoms with Crippen LogP contribution in [0.1, 0.15) is 39.2 Å². The van der Waals surface area contributed by atoms with Crippen molar-refractivity contribution in [3.05, 3.63) is 42.4 Å². The maximum atomic E-state index is 13.3. The molecule has 1 saturated heterocycles. The van der Waals surface area contributed by atoms with E-state index in [2.05, 4.69) is 25.7 Å². The molecular weight excluding hydrogens is 512 g/mol. The predicted molar refractivity (Wildman–Crippen MR) is 152 cm³/mol. The Bertz CT molecular complexity index is 1570. The monoisotopic (exact) mass is 546 g/mol. The molecular formula is C28H34N8O4. The van der Waals surface area contributed by atoms with Crippen molar-refractivity contribution in [2.45, 2.75) is 52.2 Å². The van der Waals surface area contributed by atoms with Gasteiger partial charge in [-0.2, -0.15) is 0 Å². The summed E-state index contributed by atoms with van der Waals surface area (Å²) in [6.45, 7) is 7.87. The van der Waals surface area contributed by atoms with Crippen LogP contribution >= 0.6 is 0 Å². The number of nitrogens with zero attached hydrogens (tertiary/aromatic N) is 5. The summed E-state index contributed by atoms with van der Waals surface area (Å²) in [5.41, 5.74) is 3.88. The van der Waals surface area contributed by atoms with Gasteiger partial charge in [-0.1, -0.05) is 12.1 Å². The number of rotatable bonds is 6. The van der Waals surface area contributed by atoms with Crippen molar-refractivity contribution in [2.75, 3.05) is 24.3 Å². The molecule has 5 rings (SSSR count). The minimum Gasteiger partial charge on any atom is -0.478 e. The molecule has 3 N–H and O–H groups in total. The molecule has 0 aliphatic carbocycles. The molecule has 1 aliphatic heterocycles. The number of carbonyl (C=O) groups is 2. The van der Waals surface area contributed by atoms with Crippen LogP contribution in [0, 0.1) is 6.92 Å². The first-order chi connectivity index (χ1) is 19.0. The second-order valence-electron chi connectivity index (χ2n) is 10.8. The van der Waals surface area contributed by atoms with E-state index in [0.29, 0.717) is 36.2 Å². The number of amides is 2. The predicted octanol–water partition coefficient (Wildman–Crippen LogP) is 4.76. The Morgan fingerprint density at radius 3 is 2.75 bits per heavy atom. The maximum absolute atomic E-state index is 13.3. The Morgan fingerprint density at radius 1 is 1.20 bits per heavy atom. The van der Waals surface area contributed by atoms with Crippen LogP contribution in [0.25, 0.3) is 22.2 Å². The number of hydrogen-bond acceptors (Lipinski definition) is 8. The van der Waals surface area contributed by atoms with Crippen molar-refractivity contribution in [1.82, 2.24) is 29.6 Å². The molecule has 4 heterocycles. The summed E-state index contributed by atoms with van der Waals surface area (Å²) in [5.74, 6) is 0.588. The van der Waals surface area contributed by atoms with Crippen LogP contribution in [-0.2, 0) is 16.6 Å². The van der Waals surface area contributed by atoms with Crippen molar-refractivity contribution < 1.29 is 19.1 Å². The lowest BCUT2D eigenvalue weighted by molar-refractivity contribution is -0.120. The van der Waals surface area contributed by atoms with E-state index < -0.39 is 17.7 Å². The zero-order chi connectivity index (χ0) is 28.6. The average Bonchev–Trinajstić information content (AvgIpc) is 3.63. The van der Waals surface area contributed by atoms with Crippen LogP contribution in [0.4, 0.5) is 22.1 Å². The third kappa shape index (κ3) is 5.42. The van der Waals surface area contributed by atoms with Gasteiger partial charge >= 0.3 is 6.09 Å². The zero-order valence-corrected chi connectivity index (χ0v) is 23.5. The largest absolute Gasteiger partial charge is 0.478 e. The summed E-state index contributed by atoms with van der Waals surface area (Å²) in [7, 11) is 3.36. The van der Waals surface area contributed by atoms with Gasteiger partial charge in [-0.25, -0.2) is 14.8 Å². The Morgan fingerprint density at radius 2 is 2.00 bits per heavy atom. The number of aryl methyl sites for hydroxylation is 2. The van der Waals surface area contributed by atoms with Crippen LogP contribution in [0.5, 0.6) is 5.88 Å². The lowest BCUT2D eigenvalue weighted by Crippen LogP contribution is -2.45. The highest BCUT2D eigenvalue weighted by atomic mass is 16.6. The normalized spacial score (nSPS) is 15.3. The molecule has 12 heteroatoms. The fourth-order valence-electron chi connectivity index (χ4n) is 4.85. The van der Waals surface area contributed by atoms with E-state index in [1.807, 2.05) is 52.1 Å². The third-order valence-electron chi connectivity index (χ3n) is 6.62. The molecule has 0 spiro atoms. The Labute approximate surface area is 232 Å². The number of para-hydroxylation sites is 1. The summed E-state index contributed by atoms with van der Waals surface area (Å²) >= 11 is 0. The van der Waals surface area contributed by atoms with Crippen molar-refractivity contribution in [1.29, 1.82) is 0 Å². The van der Waals surface area contributed by atoms with Crippen LogP contribution in [0.2, 0.25) is 0 Å². The molecule has 0 unspecified atom stereocenters. The van der Waals surface area contributed by atoms with Gasteiger partial charge in [0.25, 0.3) is 5.88 Å². The summed E-state index contributed by atoms with van der Waals surface area (Å²) in [6.07, 6.45) is 6.25. The van der Waals surface area contributed by atoms with Crippen molar-refractivity contribution in [3.8, 4) is 17.1 Å². The standard InChI is InChI=1S/C28H34N8O4/c1-16-13-30-26(32-20-15-35(5)34-25(20)39-6)33-22(16)18-14-29-23-17(18)9-7-10-19(23)31-24(37)21-11-8-12-36(21)27(38)40-28(2,3)4/h7,9-10,13-15,21,29H,8,11-12H2,1-6H3,(H,31,37)(H,30,32,33)/t21-/m1/s1. The molecule has 0 radical (unpaired) electrons. The quantitative estimate of drug-likeness (QED) is 0.315. The summed E-state index contributed by atoms with van der Waals surface area (Å²) < 4.78 is 12.5. The number of benzene rings is 1. The molecule has 12 nitrogen and oxygen atoms in total. The molecule has 1 aliphatic rings. The Balaban J connectivity index is 1.40. The minimum atomic E-state index is -0.633. The molecule has 1 atom stereocenters. The summed E-state index contributed by atoms with van der Waals surface area (Å²) in [4.78, 5) is 40.0. The lowest BCUT2D eigenvalue weighted by atomic mass is 10.1. The number of carbonyl (C=O) groups excluding carboxylic acids is 2. The topological polar surface area (TPSA) is 139 Å². The molecule has 3 aromatic heterocycles. The first kappa shape index (κ1) is 27.0. The van der Waals surface area contributed by atoms with Crippen LogP contribution < -0.4 is 15.4 Å². The van der Waals surface area contributed by atoms with Gasteiger partial charge < -0.3 is 25.1 Å². The molecule has 1 aromatic carbocycles. The zero-order valence-electron chi connectivity index (χ0n) is 23.5. The number of hydrogen-bond donors (Lipinski definition) is 3. The second-order valence-corrected chi connectivity index (χ2v) is 10.8. The Kier molecular flexibility index (Phi) is 7.09. The summed E-state index contributed by atoms with van der Waals surface area (Å²) in [6, 6.07) is 5.09. The molecule has 4 aromatic rings. The van der Waals surface area contributed by atoms with Gasteiger partial charge in [0.05, 0.1) is 30.2 Å². The van der Waals surface area contributed by atoms with E-state index in [1.165, 1.54) is 4.90 Å². The van der Waals surface area contributed by atoms with E-state index in [-0.39, 0.29) is 5.91 Å². The number of anilines is 3. The van der Waals surface area contributed by atoms with E-state index in [0.717, 1.165) is 34.1 Å². The summed E-state index contributed by atoms with van der Waals surface area (Å²) in [5, 5.41) is 11.3. The lowest BCUT2D eigenvalue weighted by Gasteiger charge is -2.28. The van der Waals surface area contributed by atoms with Gasteiger partial charge in [0.2, 0.25) is 11.9 Å². The third-order valence-corrected chi connectivity index (χ3v) is 6.62. The second kappa shape index (κ2) is 10.5. The van der Waals surface area contributed by atoms with Gasteiger partial charge in [0, 0.05) is 36.9 Å². The fourth-order valence-corrected chi connectivity index (χ4v) is 4.85. The minimum absolute atomic E-state index is 0.248. The highest BCUT2D eigenvalue weighted by molar-refractivity contribution is 6.07. The van der Waals surface area contributed by atoms with Crippen LogP contribution in [-0.4, -0.2) is 66.9 Å². The Hall–Kier alpha value is -4.61. The maximum Gasteiger partial charge on any atom is 0.410 e. The van der Waals surface area contributed by atoms with Crippen molar-refractivity contribution >= 4 is 40.2 Å².